The minimum Gasteiger partial charge on any atom is -0.339 e. The number of H-pyrrole nitrogens is 1. The van der Waals surface area contributed by atoms with Gasteiger partial charge in [-0.25, -0.2) is 19.3 Å². The van der Waals surface area contributed by atoms with E-state index in [-0.39, 0.29) is 5.82 Å². The number of halogens is 1. The second kappa shape index (κ2) is 5.69. The van der Waals surface area contributed by atoms with Crippen LogP contribution in [0.15, 0.2) is 48.9 Å². The number of fused-ring (bicyclic) bond motifs is 1. The summed E-state index contributed by atoms with van der Waals surface area (Å²) >= 11 is 0. The Morgan fingerprint density at radius 1 is 1.04 bits per heavy atom. The number of aromatic amines is 1. The third-order valence-corrected chi connectivity index (χ3v) is 3.63. The van der Waals surface area contributed by atoms with Crippen molar-refractivity contribution in [3.8, 4) is 11.4 Å². The minimum atomic E-state index is -0.288. The summed E-state index contributed by atoms with van der Waals surface area (Å²) in [6, 6.07) is 8.03. The molecule has 3 aromatic heterocycles. The molecule has 0 aliphatic carbocycles. The van der Waals surface area contributed by atoms with Crippen LogP contribution >= 0.6 is 0 Å². The third-order valence-electron chi connectivity index (χ3n) is 3.63. The molecule has 24 heavy (non-hydrogen) atoms. The van der Waals surface area contributed by atoms with Gasteiger partial charge in [-0.05, 0) is 37.3 Å². The molecule has 0 spiro atoms. The molecule has 7 heteroatoms. The highest BCUT2D eigenvalue weighted by atomic mass is 19.1. The number of nitrogens with zero attached hydrogens (tertiary/aromatic N) is 4. The standard InChI is InChI=1S/C17H13FN6/c1-10-7-19-16(11-2-4-13(18)5-3-11)23-15(10)22-14-6-12-8-21-24-17(12)20-9-14/h2-9H,1H3,(H,19,22,23)(H,20,21,24). The van der Waals surface area contributed by atoms with Gasteiger partial charge in [-0.2, -0.15) is 5.10 Å². The van der Waals surface area contributed by atoms with Crippen molar-refractivity contribution in [3.05, 3.63) is 60.3 Å². The van der Waals surface area contributed by atoms with Crippen LogP contribution in [0.25, 0.3) is 22.4 Å². The van der Waals surface area contributed by atoms with Gasteiger partial charge in [0, 0.05) is 22.7 Å². The lowest BCUT2D eigenvalue weighted by Crippen LogP contribution is -2.00. The van der Waals surface area contributed by atoms with Crippen LogP contribution in [0.1, 0.15) is 5.56 Å². The quantitative estimate of drug-likeness (QED) is 0.603. The van der Waals surface area contributed by atoms with Crippen molar-refractivity contribution in [1.82, 2.24) is 25.1 Å². The molecule has 0 bridgehead atoms. The molecular weight excluding hydrogens is 307 g/mol. The van der Waals surface area contributed by atoms with E-state index < -0.39 is 0 Å². The molecule has 0 aliphatic rings. The summed E-state index contributed by atoms with van der Waals surface area (Å²) in [5.41, 5.74) is 3.18. The summed E-state index contributed by atoms with van der Waals surface area (Å²) in [6.45, 7) is 1.92. The number of nitrogens with one attached hydrogen (secondary N) is 2. The van der Waals surface area contributed by atoms with Gasteiger partial charge in [0.1, 0.15) is 11.6 Å². The molecule has 4 aromatic rings. The van der Waals surface area contributed by atoms with Crippen molar-refractivity contribution in [1.29, 1.82) is 0 Å². The second-order valence-electron chi connectivity index (χ2n) is 5.39. The van der Waals surface area contributed by atoms with E-state index in [1.54, 1.807) is 30.7 Å². The lowest BCUT2D eigenvalue weighted by Gasteiger charge is -2.10. The first kappa shape index (κ1) is 14.3. The van der Waals surface area contributed by atoms with E-state index in [0.717, 1.165) is 27.8 Å². The van der Waals surface area contributed by atoms with Crippen LogP contribution in [0.4, 0.5) is 15.9 Å². The van der Waals surface area contributed by atoms with Crippen molar-refractivity contribution in [2.24, 2.45) is 0 Å². The van der Waals surface area contributed by atoms with Gasteiger partial charge in [0.15, 0.2) is 11.5 Å². The molecule has 0 aliphatic heterocycles. The van der Waals surface area contributed by atoms with Gasteiger partial charge in [-0.3, -0.25) is 5.10 Å². The number of pyridine rings is 1. The summed E-state index contributed by atoms with van der Waals surface area (Å²) in [5, 5.41) is 10.9. The molecule has 1 aromatic carbocycles. The monoisotopic (exact) mass is 320 g/mol. The first-order valence-electron chi connectivity index (χ1n) is 7.35. The normalized spacial score (nSPS) is 10.9. The predicted molar refractivity (Wildman–Crippen MR) is 89.3 cm³/mol. The van der Waals surface area contributed by atoms with Crippen LogP contribution in [-0.2, 0) is 0 Å². The summed E-state index contributed by atoms with van der Waals surface area (Å²) in [7, 11) is 0. The molecule has 0 radical (unpaired) electrons. The molecule has 0 fully saturated rings. The Morgan fingerprint density at radius 2 is 1.88 bits per heavy atom. The van der Waals surface area contributed by atoms with Gasteiger partial charge in [-0.1, -0.05) is 0 Å². The topological polar surface area (TPSA) is 79.4 Å². The second-order valence-corrected chi connectivity index (χ2v) is 5.39. The summed E-state index contributed by atoms with van der Waals surface area (Å²) in [5.74, 6) is 0.915. The fourth-order valence-corrected chi connectivity index (χ4v) is 2.35. The minimum absolute atomic E-state index is 0.288. The van der Waals surface area contributed by atoms with E-state index in [1.165, 1.54) is 12.1 Å². The first-order chi connectivity index (χ1) is 11.7. The van der Waals surface area contributed by atoms with E-state index in [4.69, 9.17) is 0 Å². The van der Waals surface area contributed by atoms with Gasteiger partial charge in [0.25, 0.3) is 0 Å². The Labute approximate surface area is 136 Å². The Hall–Kier alpha value is -3.35. The number of benzene rings is 1. The smallest absolute Gasteiger partial charge is 0.161 e. The molecule has 0 saturated heterocycles. The highest BCUT2D eigenvalue weighted by Crippen LogP contribution is 2.23. The van der Waals surface area contributed by atoms with Gasteiger partial charge in [0.05, 0.1) is 18.1 Å². The maximum Gasteiger partial charge on any atom is 0.161 e. The Morgan fingerprint density at radius 3 is 2.71 bits per heavy atom. The molecule has 6 nitrogen and oxygen atoms in total. The highest BCUT2D eigenvalue weighted by Gasteiger charge is 2.08. The Bertz CT molecular complexity index is 1010. The first-order valence-corrected chi connectivity index (χ1v) is 7.35. The zero-order chi connectivity index (χ0) is 16.5. The predicted octanol–water partition coefficient (Wildman–Crippen LogP) is 3.61. The van der Waals surface area contributed by atoms with Crippen molar-refractivity contribution >= 4 is 22.5 Å². The molecule has 0 atom stereocenters. The zero-order valence-corrected chi connectivity index (χ0v) is 12.8. The molecule has 0 saturated carbocycles. The lowest BCUT2D eigenvalue weighted by molar-refractivity contribution is 0.628. The fraction of sp³-hybridized carbons (Fsp3) is 0.0588. The molecule has 3 heterocycles. The van der Waals surface area contributed by atoms with Gasteiger partial charge in [-0.15, -0.1) is 0 Å². The summed E-state index contributed by atoms with van der Waals surface area (Å²) in [4.78, 5) is 13.1. The zero-order valence-electron chi connectivity index (χ0n) is 12.8. The largest absolute Gasteiger partial charge is 0.339 e. The Balaban J connectivity index is 1.69. The third kappa shape index (κ3) is 2.67. The van der Waals surface area contributed by atoms with Crippen molar-refractivity contribution in [2.75, 3.05) is 5.32 Å². The van der Waals surface area contributed by atoms with E-state index in [9.17, 15) is 4.39 Å². The van der Waals surface area contributed by atoms with Crippen LogP contribution in [0.2, 0.25) is 0 Å². The average Bonchev–Trinajstić information content (AvgIpc) is 3.05. The number of rotatable bonds is 3. The Kier molecular flexibility index (Phi) is 3.38. The molecule has 4 rings (SSSR count). The molecule has 0 amide bonds. The highest BCUT2D eigenvalue weighted by molar-refractivity contribution is 5.78. The van der Waals surface area contributed by atoms with E-state index in [0.29, 0.717) is 11.6 Å². The van der Waals surface area contributed by atoms with E-state index in [2.05, 4.69) is 30.5 Å². The van der Waals surface area contributed by atoms with Crippen LogP contribution in [-0.4, -0.2) is 25.1 Å². The number of aromatic nitrogens is 5. The van der Waals surface area contributed by atoms with Crippen LogP contribution in [0.3, 0.4) is 0 Å². The van der Waals surface area contributed by atoms with Gasteiger partial charge < -0.3 is 5.32 Å². The molecule has 2 N–H and O–H groups in total. The van der Waals surface area contributed by atoms with E-state index >= 15 is 0 Å². The van der Waals surface area contributed by atoms with Crippen LogP contribution in [0, 0.1) is 12.7 Å². The van der Waals surface area contributed by atoms with Crippen molar-refractivity contribution < 1.29 is 4.39 Å². The van der Waals surface area contributed by atoms with Crippen LogP contribution in [0.5, 0.6) is 0 Å². The fourth-order valence-electron chi connectivity index (χ4n) is 2.35. The lowest BCUT2D eigenvalue weighted by atomic mass is 10.2. The van der Waals surface area contributed by atoms with Crippen molar-refractivity contribution in [3.63, 3.8) is 0 Å². The van der Waals surface area contributed by atoms with Crippen molar-refractivity contribution in [2.45, 2.75) is 6.92 Å². The maximum absolute atomic E-state index is 13.1. The molecule has 118 valence electrons. The number of anilines is 2. The van der Waals surface area contributed by atoms with Gasteiger partial charge >= 0.3 is 0 Å². The number of hydrogen-bond donors (Lipinski definition) is 2. The molecular formula is C17H13FN6. The van der Waals surface area contributed by atoms with Crippen LogP contribution < -0.4 is 5.32 Å². The average molecular weight is 320 g/mol. The summed E-state index contributed by atoms with van der Waals surface area (Å²) < 4.78 is 13.1. The SMILES string of the molecule is Cc1cnc(-c2ccc(F)cc2)nc1Nc1cnc2[nH]ncc2c1. The number of aryl methyl sites for hydroxylation is 1. The van der Waals surface area contributed by atoms with Gasteiger partial charge in [0.2, 0.25) is 0 Å². The summed E-state index contributed by atoms with van der Waals surface area (Å²) in [6.07, 6.45) is 5.15. The molecule has 0 unspecified atom stereocenters. The maximum atomic E-state index is 13.1. The van der Waals surface area contributed by atoms with E-state index in [1.807, 2.05) is 13.0 Å². The number of hydrogen-bond acceptors (Lipinski definition) is 5.